The minimum Gasteiger partial charge on any atom is -0.475 e. The number of hydrogen-bond acceptors (Lipinski definition) is 5. The minimum absolute atomic E-state index is 0.231. The number of anilines is 1. The fraction of sp³-hybridized carbons (Fsp3) is 0.103. The Hall–Kier alpha value is -4.68. The molecule has 8 nitrogen and oxygen atoms in total. The van der Waals surface area contributed by atoms with Gasteiger partial charge in [0.15, 0.2) is 5.69 Å². The van der Waals surface area contributed by atoms with Crippen molar-refractivity contribution >= 4 is 38.9 Å². The third-order valence-corrected chi connectivity index (χ3v) is 7.13. The van der Waals surface area contributed by atoms with Gasteiger partial charge in [0.05, 0.1) is 17.0 Å². The highest BCUT2D eigenvalue weighted by molar-refractivity contribution is 7.92. The van der Waals surface area contributed by atoms with Crippen molar-refractivity contribution in [1.82, 2.24) is 0 Å². The molecular weight excluding hydrogens is 559 g/mol. The van der Waals surface area contributed by atoms with E-state index in [-0.39, 0.29) is 4.90 Å². The number of nitrogens with one attached hydrogen (secondary N) is 1. The maximum atomic E-state index is 12.7. The summed E-state index contributed by atoms with van der Waals surface area (Å²) >= 11 is 0. The summed E-state index contributed by atoms with van der Waals surface area (Å²) in [4.78, 5) is 13.8. The molecule has 0 saturated carbocycles. The normalized spacial score (nSPS) is 12.4. The molecule has 0 aliphatic carbocycles. The monoisotopic (exact) mass is 584 g/mol. The number of alkyl halides is 3. The summed E-state index contributed by atoms with van der Waals surface area (Å²) in [7, 11) is -3.66. The number of ether oxygens (including phenoxy) is 1. The smallest absolute Gasteiger partial charge is 0.475 e. The van der Waals surface area contributed by atoms with E-state index in [4.69, 9.17) is 19.6 Å². The average molecular weight is 585 g/mol. The van der Waals surface area contributed by atoms with Crippen LogP contribution < -0.4 is 14.8 Å². The van der Waals surface area contributed by atoms with Crippen LogP contribution >= 0.6 is 0 Å². The molecule has 4 N–H and O–H groups in total. The van der Waals surface area contributed by atoms with Crippen LogP contribution in [0.5, 0.6) is 11.5 Å². The van der Waals surface area contributed by atoms with Crippen molar-refractivity contribution in [2.75, 3.05) is 4.72 Å². The number of aryl methyl sites for hydroxylation is 1. The van der Waals surface area contributed by atoms with Crippen LogP contribution in [0.15, 0.2) is 107 Å². The minimum atomic E-state index is -5.08. The lowest BCUT2D eigenvalue weighted by Crippen LogP contribution is -2.81. The van der Waals surface area contributed by atoms with Crippen LogP contribution in [0.25, 0.3) is 0 Å². The molecule has 0 radical (unpaired) electrons. The molecule has 12 heteroatoms. The quantitative estimate of drug-likeness (QED) is 0.241. The number of aliphatic imine (C=N–C) groups is 1. The summed E-state index contributed by atoms with van der Waals surface area (Å²) in [6, 6.07) is 29.8. The third kappa shape index (κ3) is 8.16. The average Bonchev–Trinajstić information content (AvgIpc) is 3.32. The molecule has 0 atom stereocenters. The number of hydrogen-bond donors (Lipinski definition) is 3. The molecule has 4 aromatic rings. The van der Waals surface area contributed by atoms with Crippen LogP contribution in [0.3, 0.4) is 0 Å². The van der Waals surface area contributed by atoms with Gasteiger partial charge in [0.25, 0.3) is 10.0 Å². The SMILES string of the molecule is Cc1ccc(S(=O)(=O)Nc2ccc3c(c2)N=C(Cc2ccc(Oc4ccccc4)cc2)[NH2+]3)cc1.O=C(O)C(F)(F)F. The van der Waals surface area contributed by atoms with Gasteiger partial charge in [-0.1, -0.05) is 48.0 Å². The van der Waals surface area contributed by atoms with E-state index in [1.54, 1.807) is 36.4 Å². The van der Waals surface area contributed by atoms with Gasteiger partial charge in [-0.15, -0.1) is 0 Å². The van der Waals surface area contributed by atoms with Gasteiger partial charge < -0.3 is 9.84 Å². The first-order valence-corrected chi connectivity index (χ1v) is 13.7. The number of benzene rings is 4. The van der Waals surface area contributed by atoms with Gasteiger partial charge >= 0.3 is 12.1 Å². The van der Waals surface area contributed by atoms with E-state index in [0.717, 1.165) is 39.8 Å². The largest absolute Gasteiger partial charge is 0.490 e. The number of nitrogens with two attached hydrogens (primary N) is 1. The summed E-state index contributed by atoms with van der Waals surface area (Å²) < 4.78 is 65.6. The lowest BCUT2D eigenvalue weighted by Gasteiger charge is -2.08. The first-order chi connectivity index (χ1) is 19.4. The van der Waals surface area contributed by atoms with Crippen LogP contribution in [-0.4, -0.2) is 31.5 Å². The number of aliphatic carboxylic acids is 1. The Balaban J connectivity index is 0.000000493. The Morgan fingerprint density at radius 1 is 0.927 bits per heavy atom. The zero-order chi connectivity index (χ0) is 29.6. The van der Waals surface area contributed by atoms with Gasteiger partial charge in [-0.25, -0.2) is 13.2 Å². The van der Waals surface area contributed by atoms with Crippen molar-refractivity contribution in [2.24, 2.45) is 4.99 Å². The number of amidine groups is 1. The van der Waals surface area contributed by atoms with Crippen molar-refractivity contribution in [3.8, 4) is 11.5 Å². The van der Waals surface area contributed by atoms with E-state index in [0.29, 0.717) is 12.1 Å². The van der Waals surface area contributed by atoms with Gasteiger partial charge in [-0.2, -0.15) is 18.2 Å². The number of quaternary nitrogens is 1. The van der Waals surface area contributed by atoms with E-state index in [1.807, 2.05) is 72.9 Å². The molecular formula is C29H25F3N3O5S+. The molecule has 0 bridgehead atoms. The van der Waals surface area contributed by atoms with E-state index < -0.39 is 22.2 Å². The van der Waals surface area contributed by atoms with Crippen LogP contribution in [0, 0.1) is 6.92 Å². The molecule has 0 aromatic heterocycles. The number of para-hydroxylation sites is 1. The summed E-state index contributed by atoms with van der Waals surface area (Å²) in [5.41, 5.74) is 4.33. The topological polar surface area (TPSA) is 122 Å². The lowest BCUT2D eigenvalue weighted by molar-refractivity contribution is -0.440. The second-order valence-corrected chi connectivity index (χ2v) is 10.7. The highest BCUT2D eigenvalue weighted by Gasteiger charge is 2.38. The molecule has 0 amide bonds. The van der Waals surface area contributed by atoms with Crippen molar-refractivity contribution in [3.05, 3.63) is 108 Å². The van der Waals surface area contributed by atoms with E-state index in [2.05, 4.69) is 4.72 Å². The Morgan fingerprint density at radius 3 is 2.15 bits per heavy atom. The van der Waals surface area contributed by atoms with Crippen molar-refractivity contribution < 1.29 is 41.5 Å². The molecule has 41 heavy (non-hydrogen) atoms. The first kappa shape index (κ1) is 29.3. The molecule has 0 unspecified atom stereocenters. The fourth-order valence-corrected chi connectivity index (χ4v) is 4.77. The summed E-state index contributed by atoms with van der Waals surface area (Å²) in [6.45, 7) is 1.92. The molecule has 0 saturated heterocycles. The Morgan fingerprint density at radius 2 is 1.54 bits per heavy atom. The second-order valence-electron chi connectivity index (χ2n) is 8.98. The van der Waals surface area contributed by atoms with Gasteiger partial charge in [0.2, 0.25) is 5.84 Å². The molecule has 1 aliphatic rings. The number of halogens is 3. The van der Waals surface area contributed by atoms with Crippen molar-refractivity contribution in [2.45, 2.75) is 24.4 Å². The standard InChI is InChI=1S/C27H23N3O3S.C2HF3O2/c1-19-7-14-24(15-8-19)34(31,32)30-21-11-16-25-26(18-21)29-27(28-25)17-20-9-12-23(13-10-20)33-22-5-3-2-4-6-22;3-2(4,5)1(6)7/h2-16,18,30H,17H2,1H3,(H,28,29);(H,6,7)/p+1. The number of carbonyl (C=O) groups is 1. The zero-order valence-corrected chi connectivity index (χ0v) is 22.4. The summed E-state index contributed by atoms with van der Waals surface area (Å²) in [5.74, 6) is -0.258. The van der Waals surface area contributed by atoms with Crippen LogP contribution in [0.1, 0.15) is 11.1 Å². The lowest BCUT2D eigenvalue weighted by atomic mass is 10.1. The molecule has 5 rings (SSSR count). The number of fused-ring (bicyclic) bond motifs is 1. The number of sulfonamides is 1. The molecule has 212 valence electrons. The summed E-state index contributed by atoms with van der Waals surface area (Å²) in [6.07, 6.45) is -4.41. The Kier molecular flexibility index (Phi) is 8.74. The molecule has 4 aromatic carbocycles. The second kappa shape index (κ2) is 12.2. The van der Waals surface area contributed by atoms with Gasteiger partial charge in [0.1, 0.15) is 17.2 Å². The van der Waals surface area contributed by atoms with E-state index in [1.165, 1.54) is 0 Å². The molecule has 0 fully saturated rings. The zero-order valence-electron chi connectivity index (χ0n) is 21.6. The number of carboxylic acid groups (broad SMARTS) is 1. The van der Waals surface area contributed by atoms with Crippen LogP contribution in [0.2, 0.25) is 0 Å². The van der Waals surface area contributed by atoms with E-state index in [9.17, 15) is 21.6 Å². The first-order valence-electron chi connectivity index (χ1n) is 12.2. The number of rotatable bonds is 7. The van der Waals surface area contributed by atoms with E-state index >= 15 is 0 Å². The molecule has 0 spiro atoms. The summed E-state index contributed by atoms with van der Waals surface area (Å²) in [5, 5.41) is 9.15. The number of carboxylic acids is 1. The maximum Gasteiger partial charge on any atom is 0.490 e. The highest BCUT2D eigenvalue weighted by Crippen LogP contribution is 2.30. The fourth-order valence-electron chi connectivity index (χ4n) is 3.72. The van der Waals surface area contributed by atoms with Crippen molar-refractivity contribution in [1.29, 1.82) is 0 Å². The van der Waals surface area contributed by atoms with Crippen LogP contribution in [-0.2, 0) is 21.2 Å². The Bertz CT molecular complexity index is 1660. The predicted molar refractivity (Wildman–Crippen MR) is 147 cm³/mol. The Labute approximate surface area is 234 Å². The predicted octanol–water partition coefficient (Wildman–Crippen LogP) is 5.70. The number of nitrogens with zero attached hydrogens (tertiary/aromatic N) is 1. The third-order valence-electron chi connectivity index (χ3n) is 5.73. The van der Waals surface area contributed by atoms with Crippen LogP contribution in [0.4, 0.5) is 30.2 Å². The van der Waals surface area contributed by atoms with Crippen molar-refractivity contribution in [3.63, 3.8) is 0 Å². The molecule has 1 aliphatic heterocycles. The maximum absolute atomic E-state index is 12.7. The van der Waals surface area contributed by atoms with Gasteiger partial charge in [-0.3, -0.25) is 10.0 Å². The van der Waals surface area contributed by atoms with Gasteiger partial charge in [0, 0.05) is 6.07 Å². The molecule has 1 heterocycles. The highest BCUT2D eigenvalue weighted by atomic mass is 32.2. The van der Waals surface area contributed by atoms with Gasteiger partial charge in [-0.05, 0) is 61.0 Å².